The topological polar surface area (TPSA) is 66.6 Å². The molecule has 0 unspecified atom stereocenters. The Morgan fingerprint density at radius 1 is 1.36 bits per heavy atom. The van der Waals surface area contributed by atoms with Gasteiger partial charge < -0.3 is 15.7 Å². The second-order valence-electron chi connectivity index (χ2n) is 4.12. The van der Waals surface area contributed by atoms with Crippen molar-refractivity contribution in [1.82, 2.24) is 4.90 Å². The molecule has 0 heterocycles. The average molecular weight is 202 g/mol. The molecule has 84 valence electrons. The fraction of sp³-hybridized carbons (Fsp3) is 0.900. The van der Waals surface area contributed by atoms with Crippen molar-refractivity contribution in [2.45, 2.75) is 39.8 Å². The van der Waals surface area contributed by atoms with Crippen molar-refractivity contribution in [3.05, 3.63) is 0 Å². The molecule has 0 fully saturated rings. The molecule has 0 rings (SSSR count). The molecule has 0 saturated carbocycles. The first-order valence-corrected chi connectivity index (χ1v) is 5.08. The number of amides is 1. The van der Waals surface area contributed by atoms with Crippen LogP contribution in [0.4, 0.5) is 0 Å². The number of carbonyl (C=O) groups is 1. The Labute approximate surface area is 86.1 Å². The number of hydrogen-bond donors (Lipinski definition) is 2. The van der Waals surface area contributed by atoms with Crippen LogP contribution in [0.25, 0.3) is 0 Å². The zero-order valence-corrected chi connectivity index (χ0v) is 9.53. The van der Waals surface area contributed by atoms with Gasteiger partial charge in [-0.25, -0.2) is 0 Å². The maximum Gasteiger partial charge on any atom is 0.240 e. The molecule has 0 radical (unpaired) electrons. The zero-order chi connectivity index (χ0) is 11.3. The first-order chi connectivity index (χ1) is 6.41. The molecule has 0 aliphatic rings. The first-order valence-electron chi connectivity index (χ1n) is 5.08. The molecule has 3 N–H and O–H groups in total. The van der Waals surface area contributed by atoms with Crippen molar-refractivity contribution in [2.75, 3.05) is 13.2 Å². The van der Waals surface area contributed by atoms with E-state index >= 15 is 0 Å². The van der Waals surface area contributed by atoms with Crippen LogP contribution in [0.5, 0.6) is 0 Å². The van der Waals surface area contributed by atoms with Gasteiger partial charge in [-0.05, 0) is 19.8 Å². The van der Waals surface area contributed by atoms with Crippen molar-refractivity contribution in [1.29, 1.82) is 0 Å². The summed E-state index contributed by atoms with van der Waals surface area (Å²) in [6.45, 7) is 8.01. The van der Waals surface area contributed by atoms with Crippen molar-refractivity contribution >= 4 is 5.91 Å². The largest absolute Gasteiger partial charge is 0.395 e. The molecule has 1 amide bonds. The summed E-state index contributed by atoms with van der Waals surface area (Å²) in [6.07, 6.45) is 0. The second kappa shape index (κ2) is 5.98. The molecule has 0 aromatic carbocycles. The van der Waals surface area contributed by atoms with Crippen molar-refractivity contribution in [3.63, 3.8) is 0 Å². The number of hydrogen-bond acceptors (Lipinski definition) is 3. The maximum absolute atomic E-state index is 11.8. The van der Waals surface area contributed by atoms with E-state index in [1.807, 2.05) is 27.7 Å². The number of rotatable bonds is 5. The van der Waals surface area contributed by atoms with Gasteiger partial charge in [0, 0.05) is 12.6 Å². The van der Waals surface area contributed by atoms with E-state index in [2.05, 4.69) is 0 Å². The van der Waals surface area contributed by atoms with Crippen LogP contribution in [-0.2, 0) is 4.79 Å². The molecular formula is C10H22N2O2. The lowest BCUT2D eigenvalue weighted by atomic mass is 10.0. The Morgan fingerprint density at radius 2 is 1.86 bits per heavy atom. The molecule has 0 spiro atoms. The van der Waals surface area contributed by atoms with Crippen LogP contribution in [0.1, 0.15) is 27.7 Å². The summed E-state index contributed by atoms with van der Waals surface area (Å²) in [6, 6.07) is -0.386. The molecule has 0 aliphatic carbocycles. The lowest BCUT2D eigenvalue weighted by molar-refractivity contribution is -0.135. The van der Waals surface area contributed by atoms with Gasteiger partial charge in [0.1, 0.15) is 0 Å². The highest BCUT2D eigenvalue weighted by atomic mass is 16.3. The monoisotopic (exact) mass is 202 g/mol. The van der Waals surface area contributed by atoms with Gasteiger partial charge in [-0.15, -0.1) is 0 Å². The van der Waals surface area contributed by atoms with Crippen molar-refractivity contribution in [2.24, 2.45) is 11.7 Å². The molecule has 4 heteroatoms. The summed E-state index contributed by atoms with van der Waals surface area (Å²) < 4.78 is 0. The third kappa shape index (κ3) is 3.64. The summed E-state index contributed by atoms with van der Waals surface area (Å²) >= 11 is 0. The third-order valence-corrected chi connectivity index (χ3v) is 2.25. The summed E-state index contributed by atoms with van der Waals surface area (Å²) in [7, 11) is 0. The van der Waals surface area contributed by atoms with Crippen LogP contribution in [0.3, 0.4) is 0 Å². The fourth-order valence-electron chi connectivity index (χ4n) is 1.21. The predicted molar refractivity (Wildman–Crippen MR) is 56.7 cm³/mol. The van der Waals surface area contributed by atoms with Gasteiger partial charge in [0.05, 0.1) is 12.6 Å². The van der Waals surface area contributed by atoms with Crippen molar-refractivity contribution < 1.29 is 9.90 Å². The lowest BCUT2D eigenvalue weighted by Gasteiger charge is -2.29. The predicted octanol–water partition coefficient (Wildman–Crippen LogP) is 0.199. The molecule has 0 bridgehead atoms. The quantitative estimate of drug-likeness (QED) is 0.669. The van der Waals surface area contributed by atoms with Crippen LogP contribution in [0.15, 0.2) is 0 Å². The van der Waals surface area contributed by atoms with Crippen molar-refractivity contribution in [3.8, 4) is 0 Å². The van der Waals surface area contributed by atoms with E-state index in [1.165, 1.54) is 0 Å². The SMILES string of the molecule is CC(C)[C@H](N)C(=O)N(CCO)C(C)C. The summed E-state index contributed by atoms with van der Waals surface area (Å²) in [5.41, 5.74) is 5.76. The van der Waals surface area contributed by atoms with E-state index in [0.29, 0.717) is 6.54 Å². The van der Waals surface area contributed by atoms with Gasteiger partial charge in [0.2, 0.25) is 5.91 Å². The average Bonchev–Trinajstić information content (AvgIpc) is 2.11. The van der Waals surface area contributed by atoms with Crippen LogP contribution in [0, 0.1) is 5.92 Å². The molecule has 0 aliphatic heterocycles. The standard InChI is InChI=1S/C10H22N2O2/c1-7(2)9(11)10(14)12(5-6-13)8(3)4/h7-9,13H,5-6,11H2,1-4H3/t9-/m0/s1. The molecule has 1 atom stereocenters. The van der Waals surface area contributed by atoms with E-state index in [1.54, 1.807) is 4.90 Å². The van der Waals surface area contributed by atoms with Gasteiger partial charge in [-0.2, -0.15) is 0 Å². The van der Waals surface area contributed by atoms with E-state index in [4.69, 9.17) is 10.8 Å². The Bertz CT molecular complexity index is 181. The van der Waals surface area contributed by atoms with Crippen LogP contribution in [0.2, 0.25) is 0 Å². The molecule has 0 aromatic rings. The highest BCUT2D eigenvalue weighted by Crippen LogP contribution is 2.06. The third-order valence-electron chi connectivity index (χ3n) is 2.25. The summed E-state index contributed by atoms with van der Waals surface area (Å²) in [4.78, 5) is 13.4. The van der Waals surface area contributed by atoms with Gasteiger partial charge >= 0.3 is 0 Å². The van der Waals surface area contributed by atoms with Gasteiger partial charge in [0.25, 0.3) is 0 Å². The fourth-order valence-corrected chi connectivity index (χ4v) is 1.21. The number of carbonyl (C=O) groups excluding carboxylic acids is 1. The Hall–Kier alpha value is -0.610. The minimum atomic E-state index is -0.469. The van der Waals surface area contributed by atoms with E-state index < -0.39 is 6.04 Å². The minimum absolute atomic E-state index is 0.0191. The Morgan fingerprint density at radius 3 is 2.14 bits per heavy atom. The van der Waals surface area contributed by atoms with Crippen LogP contribution >= 0.6 is 0 Å². The smallest absolute Gasteiger partial charge is 0.240 e. The normalized spacial score (nSPS) is 13.4. The highest BCUT2D eigenvalue weighted by Gasteiger charge is 2.24. The molecular weight excluding hydrogens is 180 g/mol. The van der Waals surface area contributed by atoms with Crippen LogP contribution < -0.4 is 5.73 Å². The zero-order valence-electron chi connectivity index (χ0n) is 9.53. The van der Waals surface area contributed by atoms with E-state index in [-0.39, 0.29) is 24.5 Å². The number of aliphatic hydroxyl groups is 1. The summed E-state index contributed by atoms with van der Waals surface area (Å²) in [5.74, 6) is 0.0477. The lowest BCUT2D eigenvalue weighted by Crippen LogP contribution is -2.50. The first kappa shape index (κ1) is 13.4. The van der Waals surface area contributed by atoms with Gasteiger partial charge in [-0.3, -0.25) is 4.79 Å². The Balaban J connectivity index is 4.43. The molecule has 14 heavy (non-hydrogen) atoms. The van der Waals surface area contributed by atoms with Gasteiger partial charge in [-0.1, -0.05) is 13.8 Å². The number of nitrogens with zero attached hydrogens (tertiary/aromatic N) is 1. The van der Waals surface area contributed by atoms with Gasteiger partial charge in [0.15, 0.2) is 0 Å². The number of aliphatic hydroxyl groups excluding tert-OH is 1. The minimum Gasteiger partial charge on any atom is -0.395 e. The molecule has 0 saturated heterocycles. The summed E-state index contributed by atoms with van der Waals surface area (Å²) in [5, 5.41) is 8.82. The van der Waals surface area contributed by atoms with E-state index in [9.17, 15) is 4.79 Å². The van der Waals surface area contributed by atoms with E-state index in [0.717, 1.165) is 0 Å². The maximum atomic E-state index is 11.8. The van der Waals surface area contributed by atoms with Crippen LogP contribution in [-0.4, -0.2) is 41.1 Å². The highest BCUT2D eigenvalue weighted by molar-refractivity contribution is 5.82. The Kier molecular flexibility index (Phi) is 5.72. The number of nitrogens with two attached hydrogens (primary N) is 1. The second-order valence-corrected chi connectivity index (χ2v) is 4.12. The molecule has 0 aromatic heterocycles. The molecule has 4 nitrogen and oxygen atoms in total.